The molecule has 4 atom stereocenters. The van der Waals surface area contributed by atoms with Gasteiger partial charge in [0.05, 0.1) is 37.9 Å². The summed E-state index contributed by atoms with van der Waals surface area (Å²) >= 11 is 0. The Kier molecular flexibility index (Phi) is 8.30. The van der Waals surface area contributed by atoms with E-state index >= 15 is 0 Å². The Morgan fingerprint density at radius 1 is 1.15 bits per heavy atom. The molecule has 0 spiro atoms. The summed E-state index contributed by atoms with van der Waals surface area (Å²) in [7, 11) is -2.16. The number of nitrogens with zero attached hydrogens (tertiary/aromatic N) is 2. The fraction of sp³-hybridized carbons (Fsp3) is 0.652. The zero-order valence-corrected chi connectivity index (χ0v) is 20.8. The van der Waals surface area contributed by atoms with Crippen LogP contribution >= 0.6 is 0 Å². The molecule has 0 aliphatic carbocycles. The van der Waals surface area contributed by atoms with E-state index in [1.165, 1.54) is 4.90 Å². The molecule has 1 aromatic rings. The molecule has 2 aliphatic heterocycles. The molecule has 1 aromatic carbocycles. The molecule has 0 bridgehead atoms. The van der Waals surface area contributed by atoms with Crippen molar-refractivity contribution in [1.82, 2.24) is 9.80 Å². The summed E-state index contributed by atoms with van der Waals surface area (Å²) in [6.45, 7) is 5.93. The second kappa shape index (κ2) is 10.7. The molecule has 2 heterocycles. The van der Waals surface area contributed by atoms with E-state index in [0.29, 0.717) is 5.56 Å². The number of carbonyl (C=O) groups is 2. The van der Waals surface area contributed by atoms with E-state index in [-0.39, 0.29) is 26.4 Å². The number of benzene rings is 1. The predicted octanol–water partition coefficient (Wildman–Crippen LogP) is 4.35. The molecule has 0 saturated carbocycles. The van der Waals surface area contributed by atoms with Crippen LogP contribution in [0.4, 0.5) is 18.0 Å². The lowest BCUT2D eigenvalue weighted by molar-refractivity contribution is -0.190. The van der Waals surface area contributed by atoms with Crippen LogP contribution in [0.3, 0.4) is 0 Å². The van der Waals surface area contributed by atoms with Crippen molar-refractivity contribution in [1.29, 1.82) is 0 Å². The third-order valence-electron chi connectivity index (χ3n) is 7.41. The van der Waals surface area contributed by atoms with Gasteiger partial charge in [0.2, 0.25) is 0 Å². The van der Waals surface area contributed by atoms with Crippen LogP contribution in [0.1, 0.15) is 26.3 Å². The first-order chi connectivity index (χ1) is 16.1. The van der Waals surface area contributed by atoms with Crippen LogP contribution in [0.2, 0.25) is 18.1 Å². The van der Waals surface area contributed by atoms with Crippen molar-refractivity contribution in [2.75, 3.05) is 19.8 Å². The number of amides is 2. The van der Waals surface area contributed by atoms with Crippen LogP contribution in [0.15, 0.2) is 30.3 Å². The lowest BCUT2D eigenvalue weighted by atomic mass is 9.94. The van der Waals surface area contributed by atoms with Crippen molar-refractivity contribution in [3.63, 3.8) is 0 Å². The van der Waals surface area contributed by atoms with Gasteiger partial charge in [-0.1, -0.05) is 51.1 Å². The molecule has 0 radical (unpaired) electrons. The monoisotopic (exact) mass is 502 g/mol. The molecule has 2 unspecified atom stereocenters. The highest BCUT2D eigenvalue weighted by Crippen LogP contribution is 2.40. The fourth-order valence-electron chi connectivity index (χ4n) is 5.34. The minimum atomic E-state index is -5.10. The molecule has 2 saturated heterocycles. The Morgan fingerprint density at radius 2 is 1.76 bits per heavy atom. The first kappa shape index (κ1) is 26.5. The van der Waals surface area contributed by atoms with Gasteiger partial charge in [0.1, 0.15) is 0 Å². The first-order valence-corrected chi connectivity index (χ1v) is 14.3. The largest absolute Gasteiger partial charge is 0.471 e. The molecule has 34 heavy (non-hydrogen) atoms. The molecule has 190 valence electrons. The van der Waals surface area contributed by atoms with Crippen molar-refractivity contribution < 1.29 is 37.0 Å². The smallest absolute Gasteiger partial charge is 0.465 e. The Bertz CT molecular complexity index is 844. The summed E-state index contributed by atoms with van der Waals surface area (Å²) in [5, 5.41) is 10.0. The van der Waals surface area contributed by atoms with E-state index in [4.69, 9.17) is 9.16 Å². The van der Waals surface area contributed by atoms with Crippen LogP contribution in [0, 0.1) is 5.92 Å². The number of alkyl halides is 3. The minimum absolute atomic E-state index is 0.0395. The second-order valence-electron chi connectivity index (χ2n) is 8.99. The highest BCUT2D eigenvalue weighted by molar-refractivity contribution is 6.73. The number of carboxylic acid groups (broad SMARTS) is 1. The molecule has 1 N–H and O–H groups in total. The van der Waals surface area contributed by atoms with Crippen molar-refractivity contribution in [3.05, 3.63) is 35.9 Å². The summed E-state index contributed by atoms with van der Waals surface area (Å²) in [4.78, 5) is 26.9. The molecule has 2 amide bonds. The number of halogens is 3. The lowest BCUT2D eigenvalue weighted by Crippen LogP contribution is -2.56. The molecule has 2 fully saturated rings. The summed E-state index contributed by atoms with van der Waals surface area (Å²) in [6.07, 6.45) is -6.34. The van der Waals surface area contributed by atoms with Crippen LogP contribution in [-0.4, -0.2) is 79.3 Å². The van der Waals surface area contributed by atoms with Crippen LogP contribution in [0.25, 0.3) is 0 Å². The maximum absolute atomic E-state index is 13.7. The van der Waals surface area contributed by atoms with Crippen LogP contribution in [-0.2, 0) is 20.5 Å². The van der Waals surface area contributed by atoms with Gasteiger partial charge in [0.15, 0.2) is 8.32 Å². The molecule has 11 heteroatoms. The zero-order valence-electron chi connectivity index (χ0n) is 19.8. The average Bonchev–Trinajstić information content (AvgIpc) is 3.38. The zero-order chi connectivity index (χ0) is 25.1. The van der Waals surface area contributed by atoms with Gasteiger partial charge in [0.25, 0.3) is 0 Å². The van der Waals surface area contributed by atoms with Gasteiger partial charge in [-0.05, 0) is 23.7 Å². The number of hydrogen-bond acceptors (Lipinski definition) is 4. The van der Waals surface area contributed by atoms with E-state index in [2.05, 4.69) is 0 Å². The van der Waals surface area contributed by atoms with E-state index in [1.807, 2.05) is 20.8 Å². The number of likely N-dealkylation sites (tertiary alicyclic amines) is 1. The molecule has 3 rings (SSSR count). The highest BCUT2D eigenvalue weighted by Gasteiger charge is 2.59. The summed E-state index contributed by atoms with van der Waals surface area (Å²) in [5.41, 5.74) is 0.531. The molecule has 7 nitrogen and oxygen atoms in total. The fourth-order valence-corrected chi connectivity index (χ4v) is 7.98. The van der Waals surface area contributed by atoms with Crippen molar-refractivity contribution in [2.24, 2.45) is 5.92 Å². The van der Waals surface area contributed by atoms with Gasteiger partial charge < -0.3 is 19.2 Å². The van der Waals surface area contributed by atoms with E-state index in [1.54, 1.807) is 30.3 Å². The normalized spacial score (nSPS) is 24.8. The third kappa shape index (κ3) is 5.26. The molecular weight excluding hydrogens is 469 g/mol. The lowest BCUT2D eigenvalue weighted by Gasteiger charge is -2.39. The Hall–Kier alpha value is -2.11. The summed E-state index contributed by atoms with van der Waals surface area (Å²) in [6, 6.07) is 8.31. The third-order valence-corrected chi connectivity index (χ3v) is 12.1. The second-order valence-corrected chi connectivity index (χ2v) is 13.8. The Morgan fingerprint density at radius 3 is 2.29 bits per heavy atom. The van der Waals surface area contributed by atoms with Gasteiger partial charge in [-0.2, -0.15) is 13.2 Å². The quantitative estimate of drug-likeness (QED) is 0.508. The number of ether oxygens (including phenoxy) is 1. The Labute approximate surface area is 198 Å². The number of carbonyl (C=O) groups excluding carboxylic acids is 1. The van der Waals surface area contributed by atoms with Gasteiger partial charge in [0, 0.05) is 12.5 Å². The van der Waals surface area contributed by atoms with E-state index in [0.717, 1.165) is 23.0 Å². The standard InChI is InChI=1S/C23H33F3N2O5Si/c1-4-34(5-2,6-3)33-15-19-20(17-13-32-14-18(17)28(19)22(30)31)27(21(29)23(24,25)26)12-16-10-8-7-9-11-16/h7-11,17-20H,4-6,12-15H2,1-3H3,(H,30,31)/t17?,18?,19-,20-/m0/s1. The van der Waals surface area contributed by atoms with E-state index in [9.17, 15) is 27.9 Å². The summed E-state index contributed by atoms with van der Waals surface area (Å²) in [5.74, 6) is -2.55. The first-order valence-electron chi connectivity index (χ1n) is 11.7. The SMILES string of the molecule is CC[Si](CC)(CC)OC[C@H]1[C@@H](N(Cc2ccccc2)C(=O)C(F)(F)F)C2COCC2N1C(=O)O. The minimum Gasteiger partial charge on any atom is -0.465 e. The number of fused-ring (bicyclic) bond motifs is 1. The van der Waals surface area contributed by atoms with Crippen molar-refractivity contribution in [2.45, 2.75) is 69.8 Å². The maximum Gasteiger partial charge on any atom is 0.471 e. The molecule has 2 aliphatic rings. The average molecular weight is 503 g/mol. The van der Waals surface area contributed by atoms with Gasteiger partial charge in [-0.15, -0.1) is 0 Å². The van der Waals surface area contributed by atoms with E-state index < -0.39 is 50.5 Å². The van der Waals surface area contributed by atoms with Gasteiger partial charge in [-0.3, -0.25) is 9.69 Å². The van der Waals surface area contributed by atoms with Crippen LogP contribution < -0.4 is 0 Å². The Balaban J connectivity index is 2.03. The topological polar surface area (TPSA) is 79.3 Å². The van der Waals surface area contributed by atoms with Crippen molar-refractivity contribution >= 4 is 20.3 Å². The van der Waals surface area contributed by atoms with Gasteiger partial charge in [-0.25, -0.2) is 4.79 Å². The maximum atomic E-state index is 13.7. The number of hydrogen-bond donors (Lipinski definition) is 1. The van der Waals surface area contributed by atoms with Crippen molar-refractivity contribution in [3.8, 4) is 0 Å². The van der Waals surface area contributed by atoms with Gasteiger partial charge >= 0.3 is 18.2 Å². The summed E-state index contributed by atoms with van der Waals surface area (Å²) < 4.78 is 53.1. The number of rotatable bonds is 9. The highest BCUT2D eigenvalue weighted by atomic mass is 28.4. The molecule has 0 aromatic heterocycles. The molecular formula is C23H33F3N2O5Si. The predicted molar refractivity (Wildman–Crippen MR) is 122 cm³/mol. The van der Waals surface area contributed by atoms with Crippen LogP contribution in [0.5, 0.6) is 0 Å².